The maximum atomic E-state index is 13.3. The van der Waals surface area contributed by atoms with E-state index in [-0.39, 0.29) is 5.56 Å². The molecule has 7 heteroatoms. The Bertz CT molecular complexity index is 503. The minimum Gasteiger partial charge on any atom is -0.480 e. The molecule has 1 amide bonds. The molecule has 19 heavy (non-hydrogen) atoms. The second kappa shape index (κ2) is 6.48. The molecular weight excluding hydrogens is 257 g/mol. The van der Waals surface area contributed by atoms with Crippen LogP contribution in [0, 0.1) is 5.82 Å². The molecule has 0 spiro atoms. The maximum absolute atomic E-state index is 13.3. The topological polar surface area (TPSA) is 92.7 Å². The lowest BCUT2D eigenvalue weighted by Crippen LogP contribution is -2.44. The molecule has 0 heterocycles. The third kappa shape index (κ3) is 4.38. The number of benzene rings is 1. The molecule has 0 radical (unpaired) electrons. The van der Waals surface area contributed by atoms with Crippen molar-refractivity contribution >= 4 is 17.8 Å². The molecular formula is C12H12FNO5. The average Bonchev–Trinajstić information content (AvgIpc) is 2.34. The van der Waals surface area contributed by atoms with Crippen LogP contribution in [0.25, 0.3) is 0 Å². The van der Waals surface area contributed by atoms with E-state index in [0.717, 1.165) is 13.0 Å². The zero-order valence-electron chi connectivity index (χ0n) is 10.1. The molecule has 0 aliphatic rings. The minimum atomic E-state index is -1.43. The molecule has 0 aliphatic carbocycles. The van der Waals surface area contributed by atoms with E-state index >= 15 is 0 Å². The van der Waals surface area contributed by atoms with Crippen molar-refractivity contribution in [1.29, 1.82) is 0 Å². The van der Waals surface area contributed by atoms with Gasteiger partial charge >= 0.3 is 11.9 Å². The summed E-state index contributed by atoms with van der Waals surface area (Å²) in [5, 5.41) is 10.9. The van der Waals surface area contributed by atoms with Crippen LogP contribution in [-0.4, -0.2) is 35.6 Å². The van der Waals surface area contributed by atoms with Gasteiger partial charge in [0.15, 0.2) is 6.04 Å². The Kier molecular flexibility index (Phi) is 4.99. The molecule has 102 valence electrons. The minimum absolute atomic E-state index is 0.281. The Hall–Kier alpha value is -2.44. The van der Waals surface area contributed by atoms with Gasteiger partial charge in [0.1, 0.15) is 12.4 Å². The second-order valence-electron chi connectivity index (χ2n) is 3.65. The lowest BCUT2D eigenvalue weighted by Gasteiger charge is -2.14. The van der Waals surface area contributed by atoms with Crippen LogP contribution in [0.15, 0.2) is 24.3 Å². The first-order chi connectivity index (χ1) is 8.91. The molecule has 0 aliphatic heterocycles. The third-order valence-electron chi connectivity index (χ3n) is 2.18. The Labute approximate surface area is 108 Å². The fraction of sp³-hybridized carbons (Fsp3) is 0.250. The van der Waals surface area contributed by atoms with Gasteiger partial charge in [0, 0.05) is 6.92 Å². The van der Waals surface area contributed by atoms with Gasteiger partial charge in [-0.15, -0.1) is 0 Å². The van der Waals surface area contributed by atoms with Crippen LogP contribution in [0.5, 0.6) is 0 Å². The quantitative estimate of drug-likeness (QED) is 0.762. The number of halogens is 1. The summed E-state index contributed by atoms with van der Waals surface area (Å²) in [4.78, 5) is 33.1. The first-order valence-electron chi connectivity index (χ1n) is 5.33. The summed E-state index contributed by atoms with van der Waals surface area (Å²) in [5.74, 6) is -3.72. The van der Waals surface area contributed by atoms with E-state index in [2.05, 4.69) is 10.1 Å². The third-order valence-corrected chi connectivity index (χ3v) is 2.18. The summed E-state index contributed by atoms with van der Waals surface area (Å²) in [5.41, 5.74) is -0.281. The van der Waals surface area contributed by atoms with Crippen molar-refractivity contribution in [2.75, 3.05) is 6.61 Å². The number of hydrogen-bond acceptors (Lipinski definition) is 4. The van der Waals surface area contributed by atoms with Crippen LogP contribution >= 0.6 is 0 Å². The number of carboxylic acid groups (broad SMARTS) is 1. The Morgan fingerprint density at radius 1 is 1.37 bits per heavy atom. The molecule has 0 unspecified atom stereocenters. The van der Waals surface area contributed by atoms with E-state index < -0.39 is 36.3 Å². The summed E-state index contributed by atoms with van der Waals surface area (Å²) >= 11 is 0. The average molecular weight is 269 g/mol. The van der Waals surface area contributed by atoms with Crippen LogP contribution < -0.4 is 5.32 Å². The van der Waals surface area contributed by atoms with Gasteiger partial charge in [-0.25, -0.2) is 9.18 Å². The van der Waals surface area contributed by atoms with E-state index in [4.69, 9.17) is 5.11 Å². The summed E-state index contributed by atoms with van der Waals surface area (Å²) in [6, 6.07) is 3.71. The van der Waals surface area contributed by atoms with Crippen LogP contribution in [0.3, 0.4) is 0 Å². The molecule has 0 fully saturated rings. The molecule has 1 atom stereocenters. The van der Waals surface area contributed by atoms with Crippen molar-refractivity contribution in [3.63, 3.8) is 0 Å². The molecule has 0 saturated carbocycles. The highest BCUT2D eigenvalue weighted by Crippen LogP contribution is 2.06. The Morgan fingerprint density at radius 2 is 2.00 bits per heavy atom. The number of carbonyl (C=O) groups excluding carboxylic acids is 2. The highest BCUT2D eigenvalue weighted by Gasteiger charge is 2.23. The predicted octanol–water partition coefficient (Wildman–Crippen LogP) is 0.572. The summed E-state index contributed by atoms with van der Waals surface area (Å²) in [6.45, 7) is 0.586. The van der Waals surface area contributed by atoms with Gasteiger partial charge in [0.2, 0.25) is 0 Å². The second-order valence-corrected chi connectivity index (χ2v) is 3.65. The maximum Gasteiger partial charge on any atom is 0.329 e. The fourth-order valence-electron chi connectivity index (χ4n) is 1.26. The largest absolute Gasteiger partial charge is 0.480 e. The van der Waals surface area contributed by atoms with Gasteiger partial charge in [0.25, 0.3) is 5.91 Å². The Morgan fingerprint density at radius 3 is 2.53 bits per heavy atom. The molecule has 2 N–H and O–H groups in total. The molecule has 6 nitrogen and oxygen atoms in total. The monoisotopic (exact) mass is 269 g/mol. The van der Waals surface area contributed by atoms with Gasteiger partial charge in [-0.3, -0.25) is 9.59 Å². The van der Waals surface area contributed by atoms with Crippen molar-refractivity contribution in [2.24, 2.45) is 0 Å². The van der Waals surface area contributed by atoms with Gasteiger partial charge in [-0.2, -0.15) is 0 Å². The number of carboxylic acids is 1. The van der Waals surface area contributed by atoms with E-state index in [1.54, 1.807) is 0 Å². The number of ether oxygens (including phenoxy) is 1. The van der Waals surface area contributed by atoms with Crippen molar-refractivity contribution in [1.82, 2.24) is 5.32 Å². The number of rotatable bonds is 5. The molecule has 0 aromatic heterocycles. The van der Waals surface area contributed by atoms with Gasteiger partial charge < -0.3 is 15.2 Å². The van der Waals surface area contributed by atoms with E-state index in [9.17, 15) is 18.8 Å². The molecule has 1 rings (SSSR count). The normalized spacial score (nSPS) is 11.5. The van der Waals surface area contributed by atoms with Gasteiger partial charge in [-0.05, 0) is 12.1 Å². The summed E-state index contributed by atoms with van der Waals surface area (Å²) in [6.07, 6.45) is 0. The van der Waals surface area contributed by atoms with Crippen molar-refractivity contribution < 1.29 is 28.6 Å². The van der Waals surface area contributed by atoms with Crippen LogP contribution in [-0.2, 0) is 14.3 Å². The lowest BCUT2D eigenvalue weighted by atomic mass is 10.2. The van der Waals surface area contributed by atoms with Crippen molar-refractivity contribution in [3.05, 3.63) is 35.6 Å². The summed E-state index contributed by atoms with van der Waals surface area (Å²) in [7, 11) is 0. The number of esters is 1. The van der Waals surface area contributed by atoms with Gasteiger partial charge in [0.05, 0.1) is 5.56 Å². The molecule has 0 saturated heterocycles. The van der Waals surface area contributed by atoms with Crippen LogP contribution in [0.4, 0.5) is 4.39 Å². The number of aliphatic carboxylic acids is 1. The first-order valence-corrected chi connectivity index (χ1v) is 5.33. The number of hydrogen-bond donors (Lipinski definition) is 2. The zero-order chi connectivity index (χ0) is 14.4. The Balaban J connectivity index is 2.74. The van der Waals surface area contributed by atoms with Crippen molar-refractivity contribution in [2.45, 2.75) is 13.0 Å². The standard InChI is InChI=1S/C12H12FNO5/c1-7(15)19-6-10(12(17)18)14-11(16)8-4-2-3-5-9(8)13/h2-5,10H,6H2,1H3,(H,14,16)(H,17,18)/t10-/m0/s1. The lowest BCUT2D eigenvalue weighted by molar-refractivity contribution is -0.146. The van der Waals surface area contributed by atoms with Crippen molar-refractivity contribution in [3.8, 4) is 0 Å². The predicted molar refractivity (Wildman–Crippen MR) is 61.9 cm³/mol. The van der Waals surface area contributed by atoms with E-state index in [0.29, 0.717) is 0 Å². The highest BCUT2D eigenvalue weighted by molar-refractivity contribution is 5.96. The SMILES string of the molecule is CC(=O)OC[C@H](NC(=O)c1ccccc1F)C(=O)O. The van der Waals surface area contributed by atoms with Crippen LogP contribution in [0.2, 0.25) is 0 Å². The number of amides is 1. The molecule has 1 aromatic rings. The zero-order valence-corrected chi connectivity index (χ0v) is 10.1. The van der Waals surface area contributed by atoms with E-state index in [1.807, 2.05) is 0 Å². The number of carbonyl (C=O) groups is 3. The molecule has 1 aromatic carbocycles. The smallest absolute Gasteiger partial charge is 0.329 e. The van der Waals surface area contributed by atoms with Crippen LogP contribution in [0.1, 0.15) is 17.3 Å². The van der Waals surface area contributed by atoms with Gasteiger partial charge in [-0.1, -0.05) is 12.1 Å². The molecule has 0 bridgehead atoms. The fourth-order valence-corrected chi connectivity index (χ4v) is 1.26. The first kappa shape index (κ1) is 14.6. The highest BCUT2D eigenvalue weighted by atomic mass is 19.1. The number of nitrogens with one attached hydrogen (secondary N) is 1. The summed E-state index contributed by atoms with van der Waals surface area (Å²) < 4.78 is 17.8. The van der Waals surface area contributed by atoms with E-state index in [1.165, 1.54) is 18.2 Å².